The summed E-state index contributed by atoms with van der Waals surface area (Å²) in [4.78, 5) is 10.9. The molecule has 0 atom stereocenters. The summed E-state index contributed by atoms with van der Waals surface area (Å²) in [5, 5.41) is 0. The molecule has 0 aliphatic heterocycles. The van der Waals surface area contributed by atoms with E-state index in [-0.39, 0.29) is 11.7 Å². The molecule has 0 amide bonds. The van der Waals surface area contributed by atoms with Gasteiger partial charge in [-0.2, -0.15) is 8.42 Å². The average Bonchev–Trinajstić information content (AvgIpc) is 2.37. The number of carbonyl (C=O) groups excluding carboxylic acids is 1. The summed E-state index contributed by atoms with van der Waals surface area (Å²) in [5.74, 6) is -0.543. The predicted molar refractivity (Wildman–Crippen MR) is 82.5 cm³/mol. The van der Waals surface area contributed by atoms with Gasteiger partial charge in [0.1, 0.15) is 0 Å². The molecule has 0 aliphatic rings. The number of nitrogens with zero attached hydrogens (tertiary/aromatic N) is 1. The molecule has 0 radical (unpaired) electrons. The van der Waals surface area contributed by atoms with Crippen LogP contribution in [0.25, 0.3) is 0 Å². The average molecular weight is 322 g/mol. The molecule has 7 heteroatoms. The normalized spacial score (nSPS) is 12.1. The second kappa shape index (κ2) is 9.92. The number of unbranched alkanes of at least 4 members (excludes halogenated alkanes) is 3. The Bertz CT molecular complexity index is 417. The molecule has 0 fully saturated rings. The van der Waals surface area contributed by atoms with Crippen molar-refractivity contribution in [3.05, 3.63) is 12.7 Å². The molecule has 0 saturated carbocycles. The van der Waals surface area contributed by atoms with E-state index in [4.69, 9.17) is 9.29 Å². The van der Waals surface area contributed by atoms with Crippen LogP contribution >= 0.6 is 0 Å². The van der Waals surface area contributed by atoms with Crippen molar-refractivity contribution in [2.75, 3.05) is 39.5 Å². The highest BCUT2D eigenvalue weighted by Crippen LogP contribution is 2.07. The first-order chi connectivity index (χ1) is 9.66. The molecule has 0 unspecified atom stereocenters. The first kappa shape index (κ1) is 20.1. The standard InChI is InChI=1S/C14H27NO5S/c1-4-14(16)20-12-9-11-15(2,3)10-7-5-6-8-13-21(17,18)19/h4H,1,5-13H2,2-3H3/p+1. The smallest absolute Gasteiger partial charge is 0.330 e. The van der Waals surface area contributed by atoms with Crippen molar-refractivity contribution in [1.29, 1.82) is 0 Å². The summed E-state index contributed by atoms with van der Waals surface area (Å²) < 4.78 is 35.5. The monoisotopic (exact) mass is 322 g/mol. The van der Waals surface area contributed by atoms with Crippen LogP contribution in [0.1, 0.15) is 32.1 Å². The zero-order valence-electron chi connectivity index (χ0n) is 13.1. The van der Waals surface area contributed by atoms with Crippen LogP contribution < -0.4 is 0 Å². The molecule has 1 N–H and O–H groups in total. The first-order valence-corrected chi connectivity index (χ1v) is 8.83. The summed E-state index contributed by atoms with van der Waals surface area (Å²) in [6, 6.07) is 0. The minimum Gasteiger partial charge on any atom is -0.462 e. The van der Waals surface area contributed by atoms with E-state index in [0.717, 1.165) is 49.3 Å². The van der Waals surface area contributed by atoms with Crippen molar-refractivity contribution in [2.24, 2.45) is 0 Å². The number of quaternary nitrogens is 1. The minimum absolute atomic E-state index is 0.153. The summed E-state index contributed by atoms with van der Waals surface area (Å²) >= 11 is 0. The molecule has 0 rings (SSSR count). The van der Waals surface area contributed by atoms with Gasteiger partial charge in [0.25, 0.3) is 10.1 Å². The van der Waals surface area contributed by atoms with Crippen LogP contribution in [0.3, 0.4) is 0 Å². The van der Waals surface area contributed by atoms with E-state index in [0.29, 0.717) is 13.0 Å². The lowest BCUT2D eigenvalue weighted by atomic mass is 10.2. The van der Waals surface area contributed by atoms with Crippen LogP contribution in [0.2, 0.25) is 0 Å². The Balaban J connectivity index is 3.63. The molecular weight excluding hydrogens is 294 g/mol. The lowest BCUT2D eigenvalue weighted by Crippen LogP contribution is -2.41. The fraction of sp³-hybridized carbons (Fsp3) is 0.786. The van der Waals surface area contributed by atoms with E-state index < -0.39 is 10.1 Å². The van der Waals surface area contributed by atoms with Gasteiger partial charge in [0.2, 0.25) is 0 Å². The van der Waals surface area contributed by atoms with Crippen molar-refractivity contribution < 1.29 is 27.0 Å². The Morgan fingerprint density at radius 2 is 1.71 bits per heavy atom. The maximum absolute atomic E-state index is 10.9. The van der Waals surface area contributed by atoms with Crippen molar-refractivity contribution in [2.45, 2.75) is 32.1 Å². The van der Waals surface area contributed by atoms with Gasteiger partial charge in [0, 0.05) is 12.5 Å². The van der Waals surface area contributed by atoms with Gasteiger partial charge in [0.15, 0.2) is 0 Å². The highest BCUT2D eigenvalue weighted by molar-refractivity contribution is 7.85. The van der Waals surface area contributed by atoms with E-state index in [1.54, 1.807) is 0 Å². The summed E-state index contributed by atoms with van der Waals surface area (Å²) in [5.41, 5.74) is 0. The molecule has 124 valence electrons. The number of ether oxygens (including phenoxy) is 1. The molecule has 0 aromatic rings. The Labute approximate surface area is 128 Å². The topological polar surface area (TPSA) is 80.7 Å². The van der Waals surface area contributed by atoms with E-state index in [2.05, 4.69) is 20.7 Å². The molecular formula is C14H28NO5S+. The van der Waals surface area contributed by atoms with Crippen molar-refractivity contribution in [1.82, 2.24) is 0 Å². The molecule has 0 aliphatic carbocycles. The van der Waals surface area contributed by atoms with Crippen LogP contribution in [0.4, 0.5) is 0 Å². The third kappa shape index (κ3) is 13.8. The van der Waals surface area contributed by atoms with E-state index in [1.807, 2.05) is 0 Å². The van der Waals surface area contributed by atoms with Crippen LogP contribution in [-0.4, -0.2) is 63.0 Å². The quantitative estimate of drug-likeness (QED) is 0.194. The van der Waals surface area contributed by atoms with Gasteiger partial charge in [-0.05, 0) is 19.3 Å². The van der Waals surface area contributed by atoms with Crippen LogP contribution in [0, 0.1) is 0 Å². The Morgan fingerprint density at radius 1 is 1.14 bits per heavy atom. The fourth-order valence-electron chi connectivity index (χ4n) is 2.01. The SMILES string of the molecule is C=CC(=O)OCCC[N+](C)(C)CCCCCCS(=O)(=O)O. The largest absolute Gasteiger partial charge is 0.462 e. The number of carbonyl (C=O) groups is 1. The Morgan fingerprint density at radius 3 is 2.29 bits per heavy atom. The molecule has 6 nitrogen and oxygen atoms in total. The highest BCUT2D eigenvalue weighted by atomic mass is 32.2. The van der Waals surface area contributed by atoms with Gasteiger partial charge in [-0.3, -0.25) is 4.55 Å². The lowest BCUT2D eigenvalue weighted by Gasteiger charge is -2.29. The van der Waals surface area contributed by atoms with Gasteiger partial charge < -0.3 is 9.22 Å². The third-order valence-electron chi connectivity index (χ3n) is 3.23. The molecule has 0 aromatic heterocycles. The van der Waals surface area contributed by atoms with E-state index >= 15 is 0 Å². The van der Waals surface area contributed by atoms with Crippen molar-refractivity contribution >= 4 is 16.1 Å². The van der Waals surface area contributed by atoms with Crippen molar-refractivity contribution in [3.63, 3.8) is 0 Å². The van der Waals surface area contributed by atoms with Gasteiger partial charge >= 0.3 is 5.97 Å². The second-order valence-electron chi connectivity index (χ2n) is 5.81. The maximum atomic E-state index is 10.9. The lowest BCUT2D eigenvalue weighted by molar-refractivity contribution is -0.890. The highest BCUT2D eigenvalue weighted by Gasteiger charge is 2.14. The number of rotatable bonds is 12. The molecule has 0 aromatic carbocycles. The van der Waals surface area contributed by atoms with Crippen LogP contribution in [0.5, 0.6) is 0 Å². The minimum atomic E-state index is -3.82. The Kier molecular flexibility index (Phi) is 9.48. The van der Waals surface area contributed by atoms with Crippen LogP contribution in [-0.2, 0) is 19.6 Å². The number of esters is 1. The molecule has 0 spiro atoms. The summed E-state index contributed by atoms with van der Waals surface area (Å²) in [6.45, 7) is 5.64. The maximum Gasteiger partial charge on any atom is 0.330 e. The van der Waals surface area contributed by atoms with Gasteiger partial charge in [-0.1, -0.05) is 13.0 Å². The van der Waals surface area contributed by atoms with Crippen molar-refractivity contribution in [3.8, 4) is 0 Å². The number of hydrogen-bond donors (Lipinski definition) is 1. The third-order valence-corrected chi connectivity index (χ3v) is 4.04. The zero-order valence-corrected chi connectivity index (χ0v) is 13.9. The Hall–Kier alpha value is -0.920. The second-order valence-corrected chi connectivity index (χ2v) is 7.38. The molecule has 0 bridgehead atoms. The predicted octanol–water partition coefficient (Wildman–Crippen LogP) is 1.63. The molecule has 0 heterocycles. The van der Waals surface area contributed by atoms with Crippen LogP contribution in [0.15, 0.2) is 12.7 Å². The molecule has 21 heavy (non-hydrogen) atoms. The van der Waals surface area contributed by atoms with Gasteiger partial charge in [-0.25, -0.2) is 4.79 Å². The molecule has 0 saturated heterocycles. The van der Waals surface area contributed by atoms with E-state index in [1.165, 1.54) is 0 Å². The van der Waals surface area contributed by atoms with Gasteiger partial charge in [-0.15, -0.1) is 0 Å². The zero-order chi connectivity index (χ0) is 16.4. The fourth-order valence-corrected chi connectivity index (χ4v) is 2.58. The summed E-state index contributed by atoms with van der Waals surface area (Å²) in [6.07, 6.45) is 5.22. The summed E-state index contributed by atoms with van der Waals surface area (Å²) in [7, 11) is 0.421. The van der Waals surface area contributed by atoms with Gasteiger partial charge in [0.05, 0.1) is 39.5 Å². The number of hydrogen-bond acceptors (Lipinski definition) is 4. The van der Waals surface area contributed by atoms with E-state index in [9.17, 15) is 13.2 Å². The first-order valence-electron chi connectivity index (χ1n) is 7.23.